The molecule has 1 atom stereocenters. The van der Waals surface area contributed by atoms with E-state index in [1.54, 1.807) is 18.3 Å². The number of aliphatic imine (C=N–C) groups is 1. The molecular weight excluding hydrogens is 364 g/mol. The molecule has 9 heteroatoms. The summed E-state index contributed by atoms with van der Waals surface area (Å²) < 4.78 is 0. The predicted molar refractivity (Wildman–Crippen MR) is 108 cm³/mol. The molecule has 27 heavy (non-hydrogen) atoms. The summed E-state index contributed by atoms with van der Waals surface area (Å²) in [7, 11) is 0. The number of carbonyl (C=O) groups is 2. The molecule has 0 aliphatic carbocycles. The summed E-state index contributed by atoms with van der Waals surface area (Å²) in [4.78, 5) is 35.9. The normalized spacial score (nSPS) is 20.2. The molecule has 0 saturated carbocycles. The van der Waals surface area contributed by atoms with Crippen molar-refractivity contribution in [1.29, 1.82) is 0 Å². The minimum atomic E-state index is -0.772. The van der Waals surface area contributed by atoms with E-state index in [1.165, 1.54) is 4.90 Å². The van der Waals surface area contributed by atoms with Crippen LogP contribution in [0.2, 0.25) is 0 Å². The molecule has 1 saturated heterocycles. The van der Waals surface area contributed by atoms with Crippen LogP contribution in [0.4, 0.5) is 4.79 Å². The summed E-state index contributed by atoms with van der Waals surface area (Å²) in [6.07, 6.45) is 1.24. The van der Waals surface area contributed by atoms with Crippen molar-refractivity contribution in [1.82, 2.24) is 25.8 Å². The molecule has 0 spiro atoms. The minimum Gasteiger partial charge on any atom is -0.357 e. The van der Waals surface area contributed by atoms with Crippen molar-refractivity contribution in [3.63, 3.8) is 0 Å². The van der Waals surface area contributed by atoms with Crippen molar-refractivity contribution in [2.75, 3.05) is 19.6 Å². The number of hydrogen-bond donors (Lipinski definition) is 3. The number of hydrogen-bond acceptors (Lipinski definition) is 5. The van der Waals surface area contributed by atoms with Gasteiger partial charge in [0.05, 0.1) is 17.2 Å². The number of nitrogens with one attached hydrogen (secondary N) is 3. The molecule has 0 radical (unpaired) electrons. The van der Waals surface area contributed by atoms with E-state index < -0.39 is 5.54 Å². The van der Waals surface area contributed by atoms with Crippen LogP contribution in [0, 0.1) is 13.8 Å². The van der Waals surface area contributed by atoms with Gasteiger partial charge in [-0.3, -0.25) is 9.69 Å². The number of urea groups is 1. The monoisotopic (exact) mass is 394 g/mol. The Hall–Kier alpha value is -2.16. The second-order valence-electron chi connectivity index (χ2n) is 6.79. The number of guanidine groups is 1. The number of rotatable bonds is 8. The second-order valence-corrected chi connectivity index (χ2v) is 8.08. The van der Waals surface area contributed by atoms with Gasteiger partial charge >= 0.3 is 6.03 Å². The molecule has 8 nitrogen and oxygen atoms in total. The predicted octanol–water partition coefficient (Wildman–Crippen LogP) is 1.93. The lowest BCUT2D eigenvalue weighted by atomic mass is 9.99. The van der Waals surface area contributed by atoms with E-state index in [9.17, 15) is 9.59 Å². The first-order chi connectivity index (χ1) is 12.8. The Labute approximate surface area is 164 Å². The fourth-order valence-electron chi connectivity index (χ4n) is 2.85. The molecule has 150 valence electrons. The van der Waals surface area contributed by atoms with Gasteiger partial charge in [0.25, 0.3) is 5.91 Å². The molecule has 3 N–H and O–H groups in total. The zero-order chi connectivity index (χ0) is 20.0. The Balaban J connectivity index is 1.84. The number of aromatic nitrogens is 1. The number of amides is 3. The number of carbonyl (C=O) groups excluding carboxylic acids is 2. The largest absolute Gasteiger partial charge is 0.357 e. The Morgan fingerprint density at radius 2 is 2.04 bits per heavy atom. The average molecular weight is 395 g/mol. The van der Waals surface area contributed by atoms with E-state index in [0.717, 1.165) is 28.1 Å². The van der Waals surface area contributed by atoms with Crippen molar-refractivity contribution >= 4 is 29.2 Å². The first kappa shape index (κ1) is 21.1. The number of nitrogens with zero attached hydrogens (tertiary/aromatic N) is 3. The summed E-state index contributed by atoms with van der Waals surface area (Å²) >= 11 is 1.66. The molecule has 1 aliphatic rings. The highest BCUT2D eigenvalue weighted by atomic mass is 32.1. The summed E-state index contributed by atoms with van der Waals surface area (Å²) in [6.45, 7) is 12.0. The first-order valence-corrected chi connectivity index (χ1v) is 10.2. The Bertz CT molecular complexity index is 717. The minimum absolute atomic E-state index is 0.147. The molecular formula is C18H30N6O2S. The summed E-state index contributed by atoms with van der Waals surface area (Å²) in [5.74, 6) is 0.574. The van der Waals surface area contributed by atoms with Gasteiger partial charge in [0.1, 0.15) is 5.54 Å². The topological polar surface area (TPSA) is 98.7 Å². The maximum Gasteiger partial charge on any atom is 0.325 e. The molecule has 1 aliphatic heterocycles. The Morgan fingerprint density at radius 3 is 2.59 bits per heavy atom. The smallest absolute Gasteiger partial charge is 0.325 e. The third kappa shape index (κ3) is 5.18. The Morgan fingerprint density at radius 1 is 1.30 bits per heavy atom. The van der Waals surface area contributed by atoms with Crippen LogP contribution in [-0.2, 0) is 11.3 Å². The molecule has 1 aromatic heterocycles. The van der Waals surface area contributed by atoms with Crippen LogP contribution in [0.25, 0.3) is 0 Å². The Kier molecular flexibility index (Phi) is 7.18. The van der Waals surface area contributed by atoms with Crippen LogP contribution < -0.4 is 16.0 Å². The third-order valence-corrected chi connectivity index (χ3v) is 5.69. The van der Waals surface area contributed by atoms with Gasteiger partial charge in [-0.15, -0.1) is 11.3 Å². The van der Waals surface area contributed by atoms with Crippen molar-refractivity contribution in [2.45, 2.75) is 59.5 Å². The summed E-state index contributed by atoms with van der Waals surface area (Å²) in [6, 6.07) is -0.305. The first-order valence-electron chi connectivity index (χ1n) is 9.40. The number of aryl methyl sites for hydroxylation is 2. The molecule has 2 heterocycles. The maximum absolute atomic E-state index is 12.4. The fourth-order valence-corrected chi connectivity index (χ4v) is 3.71. The highest BCUT2D eigenvalue weighted by Gasteiger charge is 2.45. The van der Waals surface area contributed by atoms with Crippen molar-refractivity contribution < 1.29 is 9.59 Å². The van der Waals surface area contributed by atoms with Gasteiger partial charge in [-0.2, -0.15) is 0 Å². The average Bonchev–Trinajstić information content (AvgIpc) is 3.06. The lowest BCUT2D eigenvalue weighted by Crippen LogP contribution is -2.43. The molecule has 1 unspecified atom stereocenters. The van der Waals surface area contributed by atoms with Gasteiger partial charge < -0.3 is 16.0 Å². The lowest BCUT2D eigenvalue weighted by Gasteiger charge is -2.19. The highest BCUT2D eigenvalue weighted by molar-refractivity contribution is 7.11. The standard InChI is InChI=1S/C18H30N6O2S/c1-6-18(5)15(25)24(17(26)23-18)10-8-9-20-16(19-7-2)21-11-14-12(3)22-13(4)27-14/h6-11H2,1-5H3,(H,23,26)(H2,19,20,21). The number of thiazole rings is 1. The lowest BCUT2D eigenvalue weighted by molar-refractivity contribution is -0.130. The maximum atomic E-state index is 12.4. The third-order valence-electron chi connectivity index (χ3n) is 4.63. The van der Waals surface area contributed by atoms with E-state index in [1.807, 2.05) is 27.7 Å². The van der Waals surface area contributed by atoms with Gasteiger partial charge in [-0.05, 0) is 40.5 Å². The van der Waals surface area contributed by atoms with Gasteiger partial charge in [-0.1, -0.05) is 6.92 Å². The number of imide groups is 1. The molecule has 1 fully saturated rings. The molecule has 0 bridgehead atoms. The molecule has 0 aromatic carbocycles. The molecule has 1 aromatic rings. The molecule has 2 rings (SSSR count). The SMILES string of the molecule is CCNC(=NCc1sc(C)nc1C)NCCCN1C(=O)NC(C)(CC)C1=O. The van der Waals surface area contributed by atoms with Gasteiger partial charge in [0, 0.05) is 24.5 Å². The van der Waals surface area contributed by atoms with Gasteiger partial charge in [0.15, 0.2) is 5.96 Å². The van der Waals surface area contributed by atoms with Crippen LogP contribution in [0.15, 0.2) is 4.99 Å². The quantitative estimate of drug-likeness (QED) is 0.271. The van der Waals surface area contributed by atoms with Crippen LogP contribution in [0.1, 0.15) is 49.2 Å². The van der Waals surface area contributed by atoms with Crippen LogP contribution in [0.3, 0.4) is 0 Å². The van der Waals surface area contributed by atoms with Crippen molar-refractivity contribution in [2.24, 2.45) is 4.99 Å². The van der Waals surface area contributed by atoms with Crippen LogP contribution in [0.5, 0.6) is 0 Å². The fraction of sp³-hybridized carbons (Fsp3) is 0.667. The van der Waals surface area contributed by atoms with E-state index in [4.69, 9.17) is 0 Å². The highest BCUT2D eigenvalue weighted by Crippen LogP contribution is 2.20. The molecule has 3 amide bonds. The summed E-state index contributed by atoms with van der Waals surface area (Å²) in [5.41, 5.74) is 0.251. The van der Waals surface area contributed by atoms with E-state index in [2.05, 4.69) is 25.9 Å². The van der Waals surface area contributed by atoms with E-state index in [-0.39, 0.29) is 11.9 Å². The van der Waals surface area contributed by atoms with Crippen molar-refractivity contribution in [3.8, 4) is 0 Å². The van der Waals surface area contributed by atoms with E-state index >= 15 is 0 Å². The summed E-state index contributed by atoms with van der Waals surface area (Å²) in [5, 5.41) is 10.3. The zero-order valence-electron chi connectivity index (χ0n) is 16.8. The van der Waals surface area contributed by atoms with Crippen molar-refractivity contribution in [3.05, 3.63) is 15.6 Å². The van der Waals surface area contributed by atoms with Crippen LogP contribution >= 0.6 is 11.3 Å². The van der Waals surface area contributed by atoms with Crippen LogP contribution in [-0.4, -0.2) is 53.0 Å². The second kappa shape index (κ2) is 9.16. The zero-order valence-corrected chi connectivity index (χ0v) is 17.6. The van der Waals surface area contributed by atoms with Gasteiger partial charge in [0.2, 0.25) is 0 Å². The van der Waals surface area contributed by atoms with Gasteiger partial charge in [-0.25, -0.2) is 14.8 Å². The van der Waals surface area contributed by atoms with E-state index in [0.29, 0.717) is 32.5 Å².